The molecule has 8 heteroatoms. The van der Waals surface area contributed by atoms with Crippen LogP contribution in [0.3, 0.4) is 0 Å². The van der Waals surface area contributed by atoms with Crippen LogP contribution in [0.2, 0.25) is 0 Å². The number of ether oxygens (including phenoxy) is 2. The van der Waals surface area contributed by atoms with Crippen molar-refractivity contribution < 1.29 is 22.7 Å². The number of nitrogens with one attached hydrogen (secondary N) is 1. The van der Waals surface area contributed by atoms with Crippen molar-refractivity contribution in [1.82, 2.24) is 5.32 Å². The lowest BCUT2D eigenvalue weighted by Crippen LogP contribution is -2.50. The Kier molecular flexibility index (Phi) is 6.02. The SMILES string of the molecule is Cc1cc(C)cc(N([C@@H](C)C(=O)NC[C@@H]2COc3ccccc3O2)S(C)(=O)=O)c1. The molecule has 29 heavy (non-hydrogen) atoms. The van der Waals surface area contributed by atoms with Crippen LogP contribution in [-0.2, 0) is 14.8 Å². The Bertz CT molecular complexity index is 986. The van der Waals surface area contributed by atoms with Crippen molar-refractivity contribution in [3.05, 3.63) is 53.6 Å². The van der Waals surface area contributed by atoms with Crippen LogP contribution in [0.25, 0.3) is 0 Å². The molecule has 0 saturated carbocycles. The lowest BCUT2D eigenvalue weighted by molar-refractivity contribution is -0.122. The van der Waals surface area contributed by atoms with Crippen LogP contribution < -0.4 is 19.1 Å². The Balaban J connectivity index is 1.70. The first kappa shape index (κ1) is 21.0. The normalized spacial score (nSPS) is 16.8. The van der Waals surface area contributed by atoms with Gasteiger partial charge in [-0.15, -0.1) is 0 Å². The maximum atomic E-state index is 12.7. The number of hydrogen-bond donors (Lipinski definition) is 1. The van der Waals surface area contributed by atoms with Crippen molar-refractivity contribution in [3.63, 3.8) is 0 Å². The van der Waals surface area contributed by atoms with E-state index in [9.17, 15) is 13.2 Å². The van der Waals surface area contributed by atoms with Gasteiger partial charge in [0, 0.05) is 0 Å². The minimum atomic E-state index is -3.66. The molecule has 2 atom stereocenters. The Hall–Kier alpha value is -2.74. The maximum Gasteiger partial charge on any atom is 0.243 e. The van der Waals surface area contributed by atoms with E-state index in [2.05, 4.69) is 5.32 Å². The van der Waals surface area contributed by atoms with Crippen LogP contribution >= 0.6 is 0 Å². The van der Waals surface area contributed by atoms with E-state index in [4.69, 9.17) is 9.47 Å². The molecule has 156 valence electrons. The first-order valence-corrected chi connectivity index (χ1v) is 11.2. The van der Waals surface area contributed by atoms with Gasteiger partial charge in [-0.1, -0.05) is 18.2 Å². The molecule has 0 radical (unpaired) electrons. The Morgan fingerprint density at radius 1 is 1.17 bits per heavy atom. The van der Waals surface area contributed by atoms with E-state index in [1.165, 1.54) is 0 Å². The summed E-state index contributed by atoms with van der Waals surface area (Å²) in [5, 5.41) is 2.78. The minimum Gasteiger partial charge on any atom is -0.486 e. The van der Waals surface area contributed by atoms with E-state index < -0.39 is 22.0 Å². The number of rotatable bonds is 6. The van der Waals surface area contributed by atoms with Gasteiger partial charge >= 0.3 is 0 Å². The highest BCUT2D eigenvalue weighted by Crippen LogP contribution is 2.30. The summed E-state index contributed by atoms with van der Waals surface area (Å²) < 4.78 is 37.5. The standard InChI is InChI=1S/C21H26N2O5S/c1-14-9-15(2)11-17(10-14)23(29(4,25)26)16(3)21(24)22-12-18-13-27-19-7-5-6-8-20(19)28-18/h5-11,16,18H,12-13H2,1-4H3,(H,22,24)/t16-,18+/m0/s1. The van der Waals surface area contributed by atoms with Crippen molar-refractivity contribution in [1.29, 1.82) is 0 Å². The number of anilines is 1. The fraction of sp³-hybridized carbons (Fsp3) is 0.381. The first-order valence-electron chi connectivity index (χ1n) is 9.39. The number of sulfonamides is 1. The number of benzene rings is 2. The molecule has 0 aliphatic carbocycles. The maximum absolute atomic E-state index is 12.7. The molecule has 0 bridgehead atoms. The second-order valence-corrected chi connectivity index (χ2v) is 9.18. The summed E-state index contributed by atoms with van der Waals surface area (Å²) in [6.07, 6.45) is 0.748. The van der Waals surface area contributed by atoms with Crippen LogP contribution in [0.5, 0.6) is 11.5 Å². The molecule has 3 rings (SSSR count). The Morgan fingerprint density at radius 2 is 1.79 bits per heavy atom. The predicted molar refractivity (Wildman–Crippen MR) is 112 cm³/mol. The van der Waals surface area contributed by atoms with Gasteiger partial charge in [-0.3, -0.25) is 9.10 Å². The quantitative estimate of drug-likeness (QED) is 0.779. The third-order valence-electron chi connectivity index (χ3n) is 4.62. The summed E-state index contributed by atoms with van der Waals surface area (Å²) in [6.45, 7) is 5.86. The number of aryl methyl sites for hydroxylation is 2. The van der Waals surface area contributed by atoms with Crippen molar-refractivity contribution >= 4 is 21.6 Å². The molecule has 0 fully saturated rings. The van der Waals surface area contributed by atoms with Gasteiger partial charge in [-0.25, -0.2) is 8.42 Å². The smallest absolute Gasteiger partial charge is 0.243 e. The molecule has 7 nitrogen and oxygen atoms in total. The van der Waals surface area contributed by atoms with Gasteiger partial charge in [0.1, 0.15) is 18.8 Å². The summed E-state index contributed by atoms with van der Waals surface area (Å²) in [5.41, 5.74) is 2.32. The van der Waals surface area contributed by atoms with Crippen molar-refractivity contribution in [3.8, 4) is 11.5 Å². The van der Waals surface area contributed by atoms with E-state index in [1.807, 2.05) is 38.1 Å². The van der Waals surface area contributed by atoms with Crippen LogP contribution in [0.15, 0.2) is 42.5 Å². The van der Waals surface area contributed by atoms with Gasteiger partial charge in [-0.05, 0) is 56.2 Å². The van der Waals surface area contributed by atoms with E-state index in [0.717, 1.165) is 21.7 Å². The van der Waals surface area contributed by atoms with E-state index in [-0.39, 0.29) is 12.6 Å². The summed E-state index contributed by atoms with van der Waals surface area (Å²) >= 11 is 0. The number of fused-ring (bicyclic) bond motifs is 1. The molecule has 2 aromatic rings. The average Bonchev–Trinajstić information content (AvgIpc) is 2.64. The molecule has 0 aromatic heterocycles. The second-order valence-electron chi connectivity index (χ2n) is 7.32. The molecule has 1 amide bonds. The number of amides is 1. The number of carbonyl (C=O) groups excluding carboxylic acids is 1. The molecule has 2 aromatic carbocycles. The monoisotopic (exact) mass is 418 g/mol. The molecule has 1 aliphatic heterocycles. The fourth-order valence-corrected chi connectivity index (χ4v) is 4.57. The Morgan fingerprint density at radius 3 is 2.41 bits per heavy atom. The summed E-state index contributed by atoms with van der Waals surface area (Å²) in [7, 11) is -3.66. The summed E-state index contributed by atoms with van der Waals surface area (Å²) in [5.74, 6) is 0.887. The van der Waals surface area contributed by atoms with Crippen molar-refractivity contribution in [2.45, 2.75) is 32.9 Å². The largest absolute Gasteiger partial charge is 0.486 e. The zero-order valence-electron chi connectivity index (χ0n) is 17.0. The molecule has 0 spiro atoms. The molecule has 1 N–H and O–H groups in total. The summed E-state index contributed by atoms with van der Waals surface area (Å²) in [4.78, 5) is 12.7. The zero-order valence-corrected chi connectivity index (χ0v) is 17.8. The van der Waals surface area contributed by atoms with Crippen molar-refractivity contribution in [2.75, 3.05) is 23.7 Å². The highest BCUT2D eigenvalue weighted by Gasteiger charge is 2.30. The third kappa shape index (κ3) is 5.00. The number of nitrogens with zero attached hydrogens (tertiary/aromatic N) is 1. The topological polar surface area (TPSA) is 84.9 Å². The summed E-state index contributed by atoms with van der Waals surface area (Å²) in [6, 6.07) is 11.9. The highest BCUT2D eigenvalue weighted by molar-refractivity contribution is 7.92. The molecular formula is C21H26N2O5S. The van der Waals surface area contributed by atoms with Crippen LogP contribution in [0.4, 0.5) is 5.69 Å². The second kappa shape index (κ2) is 8.32. The van der Waals surface area contributed by atoms with Crippen LogP contribution in [0.1, 0.15) is 18.1 Å². The molecule has 1 heterocycles. The highest BCUT2D eigenvalue weighted by atomic mass is 32.2. The number of para-hydroxylation sites is 2. The number of carbonyl (C=O) groups is 1. The van der Waals surface area contributed by atoms with Gasteiger partial charge in [0.05, 0.1) is 18.5 Å². The molecular weight excluding hydrogens is 392 g/mol. The van der Waals surface area contributed by atoms with Gasteiger partial charge < -0.3 is 14.8 Å². The van der Waals surface area contributed by atoms with Gasteiger partial charge in [0.15, 0.2) is 11.5 Å². The minimum absolute atomic E-state index is 0.210. The van der Waals surface area contributed by atoms with E-state index >= 15 is 0 Å². The predicted octanol–water partition coefficient (Wildman–Crippen LogP) is 2.41. The molecule has 1 aliphatic rings. The van der Waals surface area contributed by atoms with Crippen LogP contribution in [0, 0.1) is 13.8 Å². The van der Waals surface area contributed by atoms with Crippen molar-refractivity contribution in [2.24, 2.45) is 0 Å². The Labute approximate surface area is 171 Å². The lowest BCUT2D eigenvalue weighted by Gasteiger charge is -2.30. The molecule has 0 unspecified atom stereocenters. The van der Waals surface area contributed by atoms with E-state index in [1.54, 1.807) is 25.1 Å². The average molecular weight is 419 g/mol. The molecule has 0 saturated heterocycles. The van der Waals surface area contributed by atoms with Crippen LogP contribution in [-0.4, -0.2) is 45.9 Å². The van der Waals surface area contributed by atoms with E-state index in [0.29, 0.717) is 23.8 Å². The van der Waals surface area contributed by atoms with Gasteiger partial charge in [0.2, 0.25) is 15.9 Å². The number of hydrogen-bond acceptors (Lipinski definition) is 5. The zero-order chi connectivity index (χ0) is 21.2. The lowest BCUT2D eigenvalue weighted by atomic mass is 10.1. The van der Waals surface area contributed by atoms with Gasteiger partial charge in [0.25, 0.3) is 0 Å². The first-order chi connectivity index (χ1) is 13.6. The third-order valence-corrected chi connectivity index (χ3v) is 5.86. The van der Waals surface area contributed by atoms with Gasteiger partial charge in [-0.2, -0.15) is 0 Å². The fourth-order valence-electron chi connectivity index (χ4n) is 3.41.